The molecule has 0 spiro atoms. The van der Waals surface area contributed by atoms with Crippen molar-refractivity contribution in [3.05, 3.63) is 47.9 Å². The molecule has 2 aliphatic rings. The number of thiophene rings is 1. The maximum Gasteiger partial charge on any atom is 0.287 e. The van der Waals surface area contributed by atoms with E-state index in [1.807, 2.05) is 0 Å². The number of carbonyl (C=O) groups is 5. The number of hydrogen-bond acceptors (Lipinski definition) is 7. The van der Waals surface area contributed by atoms with Gasteiger partial charge < -0.3 is 25.8 Å². The zero-order chi connectivity index (χ0) is 32.1. The van der Waals surface area contributed by atoms with Gasteiger partial charge in [0.15, 0.2) is 0 Å². The number of aromatic nitrogens is 1. The van der Waals surface area contributed by atoms with Crippen LogP contribution in [0.3, 0.4) is 0 Å². The van der Waals surface area contributed by atoms with Crippen LogP contribution in [-0.2, 0) is 25.7 Å². The molecule has 2 aromatic rings. The first-order chi connectivity index (χ1) is 20.9. The molecular weight excluding hydrogens is 718 g/mol. The van der Waals surface area contributed by atoms with Crippen molar-refractivity contribution in [3.63, 3.8) is 0 Å². The van der Waals surface area contributed by atoms with Gasteiger partial charge in [-0.2, -0.15) is 0 Å². The van der Waals surface area contributed by atoms with Crippen molar-refractivity contribution < 1.29 is 24.0 Å². The number of hydrogen-bond donors (Lipinski definition) is 4. The number of Topliss-reactive ketones (excluding diaryl/α,β-unsaturated/α-hetero) is 1. The first-order valence-electron chi connectivity index (χ1n) is 14.7. The lowest BCUT2D eigenvalue weighted by molar-refractivity contribution is -0.137. The summed E-state index contributed by atoms with van der Waals surface area (Å²) >= 11 is 7.80. The molecule has 2 bridgehead atoms. The van der Waals surface area contributed by atoms with E-state index in [-0.39, 0.29) is 37.0 Å². The molecule has 0 radical (unpaired) electrons. The Morgan fingerprint density at radius 1 is 1.09 bits per heavy atom. The minimum atomic E-state index is -1.23. The Balaban J connectivity index is 1.44. The van der Waals surface area contributed by atoms with Crippen LogP contribution in [0, 0.1) is 23.7 Å². The second-order valence-corrected chi connectivity index (χ2v) is 15.1. The average Bonchev–Trinajstić information content (AvgIpc) is 3.31. The Morgan fingerprint density at radius 3 is 2.52 bits per heavy atom. The zero-order valence-electron chi connectivity index (χ0n) is 24.8. The summed E-state index contributed by atoms with van der Waals surface area (Å²) in [7, 11) is 1.32. The number of carbonyl (C=O) groups excluding carboxylic acids is 5. The van der Waals surface area contributed by atoms with E-state index in [0.717, 1.165) is 30.6 Å². The Bertz CT molecular complexity index is 1470. The normalized spacial score (nSPS) is 23.2. The van der Waals surface area contributed by atoms with E-state index in [1.54, 1.807) is 12.1 Å². The fraction of sp³-hybridized carbons (Fsp3) is 0.533. The van der Waals surface area contributed by atoms with E-state index < -0.39 is 35.1 Å². The van der Waals surface area contributed by atoms with Crippen LogP contribution in [0.1, 0.15) is 62.0 Å². The molecule has 44 heavy (non-hydrogen) atoms. The lowest BCUT2D eigenvalue weighted by Crippen LogP contribution is -2.51. The van der Waals surface area contributed by atoms with Gasteiger partial charge in [-0.15, -0.1) is 11.3 Å². The summed E-state index contributed by atoms with van der Waals surface area (Å²) in [6.45, 7) is 4.24. The largest absolute Gasteiger partial charge is 0.353 e. The predicted octanol–water partition coefficient (Wildman–Crippen LogP) is 3.84. The number of nitrogens with zero attached hydrogens (tertiary/aromatic N) is 1. The summed E-state index contributed by atoms with van der Waals surface area (Å²) in [5.41, 5.74) is -0.671. The molecule has 6 atom stereocenters. The van der Waals surface area contributed by atoms with E-state index in [0.29, 0.717) is 36.8 Å². The van der Waals surface area contributed by atoms with Crippen LogP contribution in [0.15, 0.2) is 37.4 Å². The quantitative estimate of drug-likeness (QED) is 0.256. The fourth-order valence-electron chi connectivity index (χ4n) is 6.53. The lowest BCUT2D eigenvalue weighted by Gasteiger charge is -2.46. The van der Waals surface area contributed by atoms with Crippen LogP contribution < -0.4 is 26.8 Å². The van der Waals surface area contributed by atoms with Gasteiger partial charge >= 0.3 is 0 Å². The van der Waals surface area contributed by atoms with Crippen molar-refractivity contribution in [2.75, 3.05) is 12.4 Å². The van der Waals surface area contributed by atoms with Crippen molar-refractivity contribution in [2.24, 2.45) is 23.7 Å². The summed E-state index contributed by atoms with van der Waals surface area (Å²) in [6.07, 6.45) is 5.52. The summed E-state index contributed by atoms with van der Waals surface area (Å²) < 4.78 is 2.57. The highest BCUT2D eigenvalue weighted by Crippen LogP contribution is 2.44. The number of pyridine rings is 1. The number of rotatable bonds is 11. The van der Waals surface area contributed by atoms with Gasteiger partial charge in [-0.25, -0.2) is 0 Å². The van der Waals surface area contributed by atoms with Crippen molar-refractivity contribution in [1.29, 1.82) is 0 Å². The number of halogens is 2. The van der Waals surface area contributed by atoms with Gasteiger partial charge in [-0.1, -0.05) is 13.8 Å². The molecule has 238 valence electrons. The molecule has 4 rings (SSSR count). The van der Waals surface area contributed by atoms with Crippen molar-refractivity contribution in [2.45, 2.75) is 71.0 Å². The number of ketones is 1. The minimum absolute atomic E-state index is 0.0616. The summed E-state index contributed by atoms with van der Waals surface area (Å²) in [6, 6.07) is 3.36. The fourth-order valence-corrected chi connectivity index (χ4v) is 8.47. The number of anilines is 1. The molecule has 2 heterocycles. The van der Waals surface area contributed by atoms with E-state index in [1.165, 1.54) is 30.3 Å². The third kappa shape index (κ3) is 8.45. The summed E-state index contributed by atoms with van der Waals surface area (Å²) in [4.78, 5) is 76.8. The number of amides is 4. The number of fused-ring (bicyclic) bond motifs is 2. The first-order valence-corrected chi connectivity index (χ1v) is 17.1. The molecule has 2 aliphatic carbocycles. The van der Waals surface area contributed by atoms with Gasteiger partial charge in [0.05, 0.1) is 8.66 Å². The highest BCUT2D eigenvalue weighted by Gasteiger charge is 2.40. The van der Waals surface area contributed by atoms with Crippen LogP contribution in [0.2, 0.25) is 0 Å². The van der Waals surface area contributed by atoms with Crippen LogP contribution in [0.4, 0.5) is 5.69 Å². The molecule has 2 aromatic heterocycles. The van der Waals surface area contributed by atoms with E-state index in [9.17, 15) is 28.8 Å². The Kier molecular flexibility index (Phi) is 11.6. The van der Waals surface area contributed by atoms with E-state index >= 15 is 0 Å². The molecule has 11 nitrogen and oxygen atoms in total. The highest BCUT2D eigenvalue weighted by atomic mass is 79.9. The smallest absolute Gasteiger partial charge is 0.287 e. The molecule has 14 heteroatoms. The van der Waals surface area contributed by atoms with E-state index in [2.05, 4.69) is 67.0 Å². The third-order valence-corrected chi connectivity index (χ3v) is 11.7. The molecule has 0 saturated heterocycles. The molecule has 4 N–H and O–H groups in total. The minimum Gasteiger partial charge on any atom is -0.353 e. The van der Waals surface area contributed by atoms with E-state index in [4.69, 9.17) is 0 Å². The van der Waals surface area contributed by atoms with Crippen molar-refractivity contribution >= 4 is 78.3 Å². The van der Waals surface area contributed by atoms with Crippen molar-refractivity contribution in [3.8, 4) is 0 Å². The molecular formula is C30H37Br2N5O6S. The van der Waals surface area contributed by atoms with Crippen LogP contribution in [-0.4, -0.2) is 53.1 Å². The summed E-state index contributed by atoms with van der Waals surface area (Å²) in [5.74, 6) is -1.01. The predicted molar refractivity (Wildman–Crippen MR) is 174 cm³/mol. The Morgan fingerprint density at radius 2 is 1.84 bits per heavy atom. The molecule has 6 unspecified atom stereocenters. The summed E-state index contributed by atoms with van der Waals surface area (Å²) in [5, 5.41) is 10.6. The van der Waals surface area contributed by atoms with Gasteiger partial charge in [0.25, 0.3) is 17.4 Å². The van der Waals surface area contributed by atoms with Crippen LogP contribution in [0.25, 0.3) is 0 Å². The van der Waals surface area contributed by atoms with Gasteiger partial charge in [-0.3, -0.25) is 28.8 Å². The maximum atomic E-state index is 13.3. The monoisotopic (exact) mass is 753 g/mol. The molecule has 0 aliphatic heterocycles. The number of likely N-dealkylation sites (N-methyl/N-ethyl adjacent to an activating group) is 1. The maximum absolute atomic E-state index is 13.3. The van der Waals surface area contributed by atoms with Gasteiger partial charge in [0.2, 0.25) is 17.6 Å². The zero-order valence-corrected chi connectivity index (χ0v) is 28.8. The highest BCUT2D eigenvalue weighted by molar-refractivity contribution is 9.13. The Labute approximate surface area is 276 Å². The van der Waals surface area contributed by atoms with Gasteiger partial charge in [-0.05, 0) is 106 Å². The molecule has 2 fully saturated rings. The van der Waals surface area contributed by atoms with Gasteiger partial charge in [0, 0.05) is 30.2 Å². The second-order valence-electron chi connectivity index (χ2n) is 11.9. The topological polar surface area (TPSA) is 155 Å². The van der Waals surface area contributed by atoms with Gasteiger partial charge in [0.1, 0.15) is 18.3 Å². The second kappa shape index (κ2) is 15.0. The lowest BCUT2D eigenvalue weighted by atomic mass is 9.63. The first kappa shape index (κ1) is 34.0. The standard InChI is InChI=1S/C30H37Br2N5O6S/c1-15-9-17-11-16(2)25(18(10-15)12-17)36-24(39)14-37-8-4-5-21(30(37)43)35-27(40)20(6-7-22(38)28(41)33-3)34-29(42)23-13-19(31)26(32)44-23/h4-5,8,13,15-18,20,25H,6-7,9-12,14H2,1-3H3,(H,33,41)(H,34,42)(H,35,40)(H,36,39). The molecule has 0 aromatic carbocycles. The third-order valence-electron chi connectivity index (χ3n) is 8.45. The number of nitrogens with one attached hydrogen (secondary N) is 4. The average molecular weight is 756 g/mol. The van der Waals surface area contributed by atoms with Crippen LogP contribution in [0.5, 0.6) is 0 Å². The van der Waals surface area contributed by atoms with Crippen molar-refractivity contribution in [1.82, 2.24) is 20.5 Å². The molecule has 4 amide bonds. The van der Waals surface area contributed by atoms with Crippen LogP contribution >= 0.6 is 43.2 Å². The Hall–Kier alpha value is -2.84. The SMILES string of the molecule is CNC(=O)C(=O)CCC(NC(=O)c1cc(Br)c(Br)s1)C(=O)Nc1cccn(CC(=O)NC2C(C)CC3CC(C)CC2C3)c1=O. The molecule has 2 saturated carbocycles.